The molecule has 0 radical (unpaired) electrons. The highest BCUT2D eigenvalue weighted by Crippen LogP contribution is 2.20. The van der Waals surface area contributed by atoms with Gasteiger partial charge in [0, 0.05) is 11.6 Å². The molecule has 2 N–H and O–H groups in total. The van der Waals surface area contributed by atoms with Gasteiger partial charge in [-0.3, -0.25) is 9.89 Å². The number of amides is 1. The minimum absolute atomic E-state index is 0.116. The van der Waals surface area contributed by atoms with Crippen molar-refractivity contribution in [2.75, 3.05) is 5.32 Å². The number of nitrogens with zero attached hydrogens (tertiary/aromatic N) is 2. The number of carbonyl (C=O) groups excluding carboxylic acids is 1. The summed E-state index contributed by atoms with van der Waals surface area (Å²) in [5.74, 6) is -1.02. The van der Waals surface area contributed by atoms with Crippen LogP contribution in [-0.2, 0) is 0 Å². The summed E-state index contributed by atoms with van der Waals surface area (Å²) in [5, 5.41) is 10.1. The number of hydrogen-bond acceptors (Lipinski definition) is 3. The Labute approximate surface area is 107 Å². The quantitative estimate of drug-likeness (QED) is 0.691. The van der Waals surface area contributed by atoms with E-state index in [0.29, 0.717) is 5.82 Å². The molecule has 6 heteroatoms. The van der Waals surface area contributed by atoms with Crippen molar-refractivity contribution in [2.45, 2.75) is 0 Å². The predicted octanol–water partition coefficient (Wildman–Crippen LogP) is 2.35. The number of anilines is 1. The summed E-state index contributed by atoms with van der Waals surface area (Å²) < 4.78 is 13.4. The number of para-hydroxylation sites is 1. The summed E-state index contributed by atoms with van der Waals surface area (Å²) in [4.78, 5) is 15.4. The standard InChI is InChI=1S/C13H9FN4O/c14-11-9(5-3-7-15-11)13(19)16-12-8-4-1-2-6-10(8)17-18-12/h1-7H,(H2,16,17,18,19). The molecular weight excluding hydrogens is 247 g/mol. The van der Waals surface area contributed by atoms with Crippen LogP contribution >= 0.6 is 0 Å². The first-order chi connectivity index (χ1) is 9.25. The van der Waals surface area contributed by atoms with Crippen LogP contribution < -0.4 is 5.32 Å². The van der Waals surface area contributed by atoms with Crippen LogP contribution in [0, 0.1) is 5.95 Å². The van der Waals surface area contributed by atoms with E-state index >= 15 is 0 Å². The van der Waals surface area contributed by atoms with Crippen molar-refractivity contribution in [3.05, 3.63) is 54.1 Å². The van der Waals surface area contributed by atoms with Gasteiger partial charge in [0.15, 0.2) is 5.82 Å². The molecule has 2 heterocycles. The third kappa shape index (κ3) is 2.03. The van der Waals surface area contributed by atoms with E-state index in [4.69, 9.17) is 0 Å². The average Bonchev–Trinajstić information content (AvgIpc) is 2.83. The third-order valence-electron chi connectivity index (χ3n) is 2.71. The van der Waals surface area contributed by atoms with Gasteiger partial charge in [0.2, 0.25) is 5.95 Å². The fourth-order valence-corrected chi connectivity index (χ4v) is 1.79. The number of halogens is 1. The molecule has 0 atom stereocenters. The molecule has 0 aliphatic carbocycles. The van der Waals surface area contributed by atoms with E-state index in [0.717, 1.165) is 10.9 Å². The van der Waals surface area contributed by atoms with Gasteiger partial charge in [-0.05, 0) is 24.3 Å². The second kappa shape index (κ2) is 4.49. The Bertz CT molecular complexity index is 753. The van der Waals surface area contributed by atoms with Crippen molar-refractivity contribution in [2.24, 2.45) is 0 Å². The van der Waals surface area contributed by atoms with E-state index in [-0.39, 0.29) is 5.56 Å². The number of nitrogens with one attached hydrogen (secondary N) is 2. The van der Waals surface area contributed by atoms with Gasteiger partial charge in [-0.25, -0.2) is 4.98 Å². The van der Waals surface area contributed by atoms with Crippen molar-refractivity contribution in [3.63, 3.8) is 0 Å². The Kier molecular flexibility index (Phi) is 2.68. The monoisotopic (exact) mass is 256 g/mol. The fourth-order valence-electron chi connectivity index (χ4n) is 1.79. The Morgan fingerprint density at radius 1 is 1.21 bits per heavy atom. The maximum atomic E-state index is 13.4. The number of aromatic amines is 1. The zero-order valence-electron chi connectivity index (χ0n) is 9.72. The number of H-pyrrole nitrogens is 1. The number of pyridine rings is 1. The number of rotatable bonds is 2. The Balaban J connectivity index is 1.94. The molecule has 0 unspecified atom stereocenters. The van der Waals surface area contributed by atoms with Gasteiger partial charge in [0.25, 0.3) is 5.91 Å². The molecule has 1 amide bonds. The lowest BCUT2D eigenvalue weighted by atomic mass is 10.2. The first-order valence-electron chi connectivity index (χ1n) is 5.60. The molecule has 0 saturated heterocycles. The molecule has 5 nitrogen and oxygen atoms in total. The molecule has 0 spiro atoms. The van der Waals surface area contributed by atoms with Crippen molar-refractivity contribution in [1.29, 1.82) is 0 Å². The number of benzene rings is 1. The highest BCUT2D eigenvalue weighted by atomic mass is 19.1. The van der Waals surface area contributed by atoms with Crippen molar-refractivity contribution >= 4 is 22.6 Å². The lowest BCUT2D eigenvalue weighted by Crippen LogP contribution is -2.14. The predicted molar refractivity (Wildman–Crippen MR) is 68.2 cm³/mol. The van der Waals surface area contributed by atoms with E-state index < -0.39 is 11.9 Å². The third-order valence-corrected chi connectivity index (χ3v) is 2.71. The summed E-state index contributed by atoms with van der Waals surface area (Å²) in [6, 6.07) is 10.2. The van der Waals surface area contributed by atoms with Crippen LogP contribution in [0.2, 0.25) is 0 Å². The van der Waals surface area contributed by atoms with E-state index in [1.807, 2.05) is 24.3 Å². The zero-order valence-corrected chi connectivity index (χ0v) is 9.72. The first kappa shape index (κ1) is 11.3. The van der Waals surface area contributed by atoms with Gasteiger partial charge >= 0.3 is 0 Å². The van der Waals surface area contributed by atoms with Crippen LogP contribution in [-0.4, -0.2) is 21.1 Å². The molecule has 94 valence electrons. The molecular formula is C13H9FN4O. The summed E-state index contributed by atoms with van der Waals surface area (Å²) in [6.07, 6.45) is 1.29. The normalized spacial score (nSPS) is 10.6. The molecule has 1 aromatic carbocycles. The van der Waals surface area contributed by atoms with Gasteiger partial charge < -0.3 is 5.32 Å². The fraction of sp³-hybridized carbons (Fsp3) is 0. The van der Waals surface area contributed by atoms with Crippen LogP contribution in [0.5, 0.6) is 0 Å². The summed E-state index contributed by atoms with van der Waals surface area (Å²) in [5.41, 5.74) is 0.680. The number of aromatic nitrogens is 3. The lowest BCUT2D eigenvalue weighted by molar-refractivity contribution is 0.102. The molecule has 3 aromatic rings. The highest BCUT2D eigenvalue weighted by Gasteiger charge is 2.14. The maximum Gasteiger partial charge on any atom is 0.261 e. The molecule has 0 aliphatic rings. The zero-order chi connectivity index (χ0) is 13.2. The average molecular weight is 256 g/mol. The van der Waals surface area contributed by atoms with Gasteiger partial charge in [0.05, 0.1) is 11.1 Å². The Morgan fingerprint density at radius 2 is 2.05 bits per heavy atom. The van der Waals surface area contributed by atoms with Gasteiger partial charge in [0.1, 0.15) is 0 Å². The van der Waals surface area contributed by atoms with Crippen LogP contribution in [0.4, 0.5) is 10.2 Å². The topological polar surface area (TPSA) is 70.7 Å². The van der Waals surface area contributed by atoms with Crippen molar-refractivity contribution in [3.8, 4) is 0 Å². The molecule has 0 saturated carbocycles. The van der Waals surface area contributed by atoms with Crippen molar-refractivity contribution in [1.82, 2.24) is 15.2 Å². The Hall–Kier alpha value is -2.76. The van der Waals surface area contributed by atoms with Crippen LogP contribution in [0.15, 0.2) is 42.6 Å². The molecule has 19 heavy (non-hydrogen) atoms. The first-order valence-corrected chi connectivity index (χ1v) is 5.60. The SMILES string of the molecule is O=C(Nc1n[nH]c2ccccc12)c1cccnc1F. The number of hydrogen-bond donors (Lipinski definition) is 2. The second-order valence-electron chi connectivity index (χ2n) is 3.91. The van der Waals surface area contributed by atoms with Crippen molar-refractivity contribution < 1.29 is 9.18 Å². The van der Waals surface area contributed by atoms with Crippen LogP contribution in [0.1, 0.15) is 10.4 Å². The van der Waals surface area contributed by atoms with E-state index in [1.165, 1.54) is 18.3 Å². The van der Waals surface area contributed by atoms with E-state index in [9.17, 15) is 9.18 Å². The molecule has 2 aromatic heterocycles. The lowest BCUT2D eigenvalue weighted by Gasteiger charge is -2.02. The van der Waals surface area contributed by atoms with Gasteiger partial charge in [-0.15, -0.1) is 0 Å². The summed E-state index contributed by atoms with van der Waals surface area (Å²) in [7, 11) is 0. The molecule has 3 rings (SSSR count). The molecule has 0 fully saturated rings. The highest BCUT2D eigenvalue weighted by molar-refractivity contribution is 6.07. The Morgan fingerprint density at radius 3 is 2.89 bits per heavy atom. The van der Waals surface area contributed by atoms with Gasteiger partial charge in [-0.1, -0.05) is 12.1 Å². The molecule has 0 bridgehead atoms. The van der Waals surface area contributed by atoms with Crippen LogP contribution in [0.25, 0.3) is 10.9 Å². The minimum Gasteiger partial charge on any atom is -0.304 e. The van der Waals surface area contributed by atoms with E-state index in [2.05, 4.69) is 20.5 Å². The minimum atomic E-state index is -0.806. The largest absolute Gasteiger partial charge is 0.304 e. The van der Waals surface area contributed by atoms with Gasteiger partial charge in [-0.2, -0.15) is 9.49 Å². The smallest absolute Gasteiger partial charge is 0.261 e. The molecule has 0 aliphatic heterocycles. The number of fused-ring (bicyclic) bond motifs is 1. The second-order valence-corrected chi connectivity index (χ2v) is 3.91. The van der Waals surface area contributed by atoms with E-state index in [1.54, 1.807) is 0 Å². The maximum absolute atomic E-state index is 13.4. The summed E-state index contributed by atoms with van der Waals surface area (Å²) in [6.45, 7) is 0. The van der Waals surface area contributed by atoms with Crippen LogP contribution in [0.3, 0.4) is 0 Å². The number of carbonyl (C=O) groups is 1. The summed E-state index contributed by atoms with van der Waals surface area (Å²) >= 11 is 0.